The summed E-state index contributed by atoms with van der Waals surface area (Å²) in [6, 6.07) is 7.57. The molecule has 1 aromatic carbocycles. The second kappa shape index (κ2) is 6.40. The van der Waals surface area contributed by atoms with E-state index in [-0.39, 0.29) is 17.5 Å². The van der Waals surface area contributed by atoms with Gasteiger partial charge in [-0.15, -0.1) is 11.6 Å². The minimum atomic E-state index is 0.0191. The zero-order chi connectivity index (χ0) is 14.7. The number of halogens is 1. The highest BCUT2D eigenvalue weighted by Crippen LogP contribution is 2.25. The van der Waals surface area contributed by atoms with Gasteiger partial charge >= 0.3 is 0 Å². The van der Waals surface area contributed by atoms with Gasteiger partial charge in [0, 0.05) is 6.04 Å². The summed E-state index contributed by atoms with van der Waals surface area (Å²) in [6.07, 6.45) is 2.08. The molecule has 4 heteroatoms. The third-order valence-corrected chi connectivity index (χ3v) is 4.38. The molecule has 0 amide bonds. The number of rotatable bonds is 5. The fraction of sp³-hybridized carbons (Fsp3) is 0.500. The van der Waals surface area contributed by atoms with Crippen LogP contribution < -0.4 is 5.56 Å². The summed E-state index contributed by atoms with van der Waals surface area (Å²) in [4.78, 5) is 17.3. The van der Waals surface area contributed by atoms with Crippen molar-refractivity contribution < 1.29 is 0 Å². The van der Waals surface area contributed by atoms with Crippen molar-refractivity contribution in [3.05, 3.63) is 40.4 Å². The lowest BCUT2D eigenvalue weighted by Gasteiger charge is -2.25. The molecule has 0 bridgehead atoms. The number of alkyl halides is 1. The monoisotopic (exact) mass is 292 g/mol. The van der Waals surface area contributed by atoms with Crippen molar-refractivity contribution in [3.8, 4) is 0 Å². The Kier molecular flexibility index (Phi) is 4.81. The lowest BCUT2D eigenvalue weighted by molar-refractivity contribution is 0.320. The Hall–Kier alpha value is -1.35. The van der Waals surface area contributed by atoms with Crippen molar-refractivity contribution in [1.29, 1.82) is 0 Å². The predicted octanol–water partition coefficient (Wildman–Crippen LogP) is 4.13. The van der Waals surface area contributed by atoms with E-state index in [1.165, 1.54) is 0 Å². The number of hydrogen-bond acceptors (Lipinski definition) is 2. The zero-order valence-electron chi connectivity index (χ0n) is 12.3. The van der Waals surface area contributed by atoms with Crippen molar-refractivity contribution in [3.63, 3.8) is 0 Å². The molecule has 0 saturated heterocycles. The largest absolute Gasteiger partial charge is 0.292 e. The van der Waals surface area contributed by atoms with Crippen LogP contribution in [0, 0.1) is 5.92 Å². The number of hydrogen-bond donors (Lipinski definition) is 0. The second-order valence-corrected chi connectivity index (χ2v) is 5.44. The molecule has 0 fully saturated rings. The van der Waals surface area contributed by atoms with Gasteiger partial charge in [-0.1, -0.05) is 38.8 Å². The summed E-state index contributed by atoms with van der Waals surface area (Å²) in [5, 5.41) is 0.666. The second-order valence-electron chi connectivity index (χ2n) is 5.17. The number of nitrogens with zero attached hydrogens (tertiary/aromatic N) is 2. The van der Waals surface area contributed by atoms with E-state index in [0.29, 0.717) is 17.1 Å². The van der Waals surface area contributed by atoms with E-state index >= 15 is 0 Å². The number of aromatic nitrogens is 2. The lowest BCUT2D eigenvalue weighted by Crippen LogP contribution is -2.31. The minimum Gasteiger partial charge on any atom is -0.292 e. The molecule has 0 aliphatic heterocycles. The van der Waals surface area contributed by atoms with Crippen LogP contribution in [0.4, 0.5) is 0 Å². The van der Waals surface area contributed by atoms with Gasteiger partial charge < -0.3 is 0 Å². The summed E-state index contributed by atoms with van der Waals surface area (Å²) in [5.41, 5.74) is 0.742. The molecule has 1 heterocycles. The van der Waals surface area contributed by atoms with E-state index in [1.54, 1.807) is 4.57 Å². The first kappa shape index (κ1) is 15.0. The quantitative estimate of drug-likeness (QED) is 0.777. The van der Waals surface area contributed by atoms with Crippen LogP contribution in [-0.2, 0) is 5.88 Å². The smallest absolute Gasteiger partial charge is 0.261 e. The highest BCUT2D eigenvalue weighted by atomic mass is 35.5. The van der Waals surface area contributed by atoms with Crippen molar-refractivity contribution in [1.82, 2.24) is 9.55 Å². The fourth-order valence-corrected chi connectivity index (χ4v) is 3.08. The first-order valence-corrected chi connectivity index (χ1v) is 7.73. The Morgan fingerprint density at radius 3 is 2.50 bits per heavy atom. The third-order valence-electron chi connectivity index (χ3n) is 4.14. The van der Waals surface area contributed by atoms with Crippen LogP contribution in [0.15, 0.2) is 29.1 Å². The predicted molar refractivity (Wildman–Crippen MR) is 84.3 cm³/mol. The standard InChI is InChI=1S/C16H21ClN2O/c1-4-12(5-2)11(3)19-15(10-17)18-14-9-7-6-8-13(14)16(19)20/h6-9,11-12H,4-5,10H2,1-3H3. The van der Waals surface area contributed by atoms with Gasteiger partial charge in [-0.2, -0.15) is 0 Å². The molecule has 20 heavy (non-hydrogen) atoms. The van der Waals surface area contributed by atoms with Gasteiger partial charge in [0.25, 0.3) is 5.56 Å². The van der Waals surface area contributed by atoms with Crippen LogP contribution in [0.1, 0.15) is 45.5 Å². The van der Waals surface area contributed by atoms with E-state index in [0.717, 1.165) is 18.4 Å². The Morgan fingerprint density at radius 2 is 1.90 bits per heavy atom. The molecule has 0 aliphatic carbocycles. The van der Waals surface area contributed by atoms with Crippen molar-refractivity contribution in [2.75, 3.05) is 0 Å². The number of benzene rings is 1. The number of para-hydroxylation sites is 1. The molecule has 3 nitrogen and oxygen atoms in total. The van der Waals surface area contributed by atoms with Crippen molar-refractivity contribution >= 4 is 22.5 Å². The van der Waals surface area contributed by atoms with E-state index in [1.807, 2.05) is 24.3 Å². The van der Waals surface area contributed by atoms with Gasteiger partial charge in [0.05, 0.1) is 16.8 Å². The summed E-state index contributed by atoms with van der Waals surface area (Å²) in [6.45, 7) is 6.40. The maximum atomic E-state index is 12.8. The maximum Gasteiger partial charge on any atom is 0.261 e. The zero-order valence-corrected chi connectivity index (χ0v) is 13.0. The van der Waals surface area contributed by atoms with Gasteiger partial charge in [-0.3, -0.25) is 9.36 Å². The van der Waals surface area contributed by atoms with Crippen molar-refractivity contribution in [2.24, 2.45) is 5.92 Å². The molecule has 108 valence electrons. The molecule has 2 rings (SSSR count). The Bertz CT molecular complexity index is 646. The average Bonchev–Trinajstić information content (AvgIpc) is 2.48. The molecule has 2 aromatic rings. The molecule has 0 spiro atoms. The van der Waals surface area contributed by atoms with Crippen LogP contribution in [0.25, 0.3) is 10.9 Å². The van der Waals surface area contributed by atoms with E-state index < -0.39 is 0 Å². The molecule has 0 saturated carbocycles. The molecule has 0 aliphatic rings. The van der Waals surface area contributed by atoms with E-state index in [9.17, 15) is 4.79 Å². The van der Waals surface area contributed by atoms with E-state index in [2.05, 4.69) is 25.8 Å². The summed E-state index contributed by atoms with van der Waals surface area (Å²) in [5.74, 6) is 1.37. The summed E-state index contributed by atoms with van der Waals surface area (Å²) >= 11 is 6.02. The Morgan fingerprint density at radius 1 is 1.25 bits per heavy atom. The highest BCUT2D eigenvalue weighted by molar-refractivity contribution is 6.16. The molecule has 1 unspecified atom stereocenters. The van der Waals surface area contributed by atoms with E-state index in [4.69, 9.17) is 11.6 Å². The normalized spacial score (nSPS) is 13.1. The molecular weight excluding hydrogens is 272 g/mol. The van der Waals surface area contributed by atoms with Gasteiger partial charge in [0.15, 0.2) is 0 Å². The topological polar surface area (TPSA) is 34.9 Å². The minimum absolute atomic E-state index is 0.0191. The molecule has 0 radical (unpaired) electrons. The molecular formula is C16H21ClN2O. The molecule has 1 aromatic heterocycles. The van der Waals surface area contributed by atoms with Gasteiger partial charge in [0.2, 0.25) is 0 Å². The SMILES string of the molecule is CCC(CC)C(C)n1c(CCl)nc2ccccc2c1=O. The van der Waals surface area contributed by atoms with Gasteiger partial charge in [-0.05, 0) is 25.0 Å². The van der Waals surface area contributed by atoms with Crippen molar-refractivity contribution in [2.45, 2.75) is 45.5 Å². The van der Waals surface area contributed by atoms with Crippen LogP contribution >= 0.6 is 11.6 Å². The summed E-state index contributed by atoms with van der Waals surface area (Å²) < 4.78 is 1.78. The van der Waals surface area contributed by atoms with Crippen LogP contribution in [0.5, 0.6) is 0 Å². The number of fused-ring (bicyclic) bond motifs is 1. The van der Waals surface area contributed by atoms with Gasteiger partial charge in [-0.25, -0.2) is 4.98 Å². The first-order valence-electron chi connectivity index (χ1n) is 7.20. The lowest BCUT2D eigenvalue weighted by atomic mass is 9.95. The maximum absolute atomic E-state index is 12.8. The van der Waals surface area contributed by atoms with Crippen LogP contribution in [0.2, 0.25) is 0 Å². The molecule has 1 atom stereocenters. The van der Waals surface area contributed by atoms with Crippen LogP contribution in [-0.4, -0.2) is 9.55 Å². The summed E-state index contributed by atoms with van der Waals surface area (Å²) in [7, 11) is 0. The third kappa shape index (κ3) is 2.59. The van der Waals surface area contributed by atoms with Crippen LogP contribution in [0.3, 0.4) is 0 Å². The Labute approximate surface area is 124 Å². The van der Waals surface area contributed by atoms with Gasteiger partial charge in [0.1, 0.15) is 5.82 Å². The molecule has 0 N–H and O–H groups in total. The fourth-order valence-electron chi connectivity index (χ4n) is 2.89. The highest BCUT2D eigenvalue weighted by Gasteiger charge is 2.20. The average molecular weight is 293 g/mol. The first-order chi connectivity index (χ1) is 9.63. The Balaban J connectivity index is 2.68.